The monoisotopic (exact) mass is 722 g/mol. The van der Waals surface area contributed by atoms with E-state index in [4.69, 9.17) is 29.2 Å². The van der Waals surface area contributed by atoms with E-state index in [0.29, 0.717) is 26.4 Å². The van der Waals surface area contributed by atoms with Gasteiger partial charge in [0.15, 0.2) is 0 Å². The van der Waals surface area contributed by atoms with Gasteiger partial charge >= 0.3 is 35.8 Å². The van der Waals surface area contributed by atoms with Crippen LogP contribution >= 0.6 is 0 Å². The molecule has 0 radical (unpaired) electrons. The van der Waals surface area contributed by atoms with Crippen LogP contribution in [0.5, 0.6) is 0 Å². The molecule has 0 aliphatic heterocycles. The summed E-state index contributed by atoms with van der Waals surface area (Å²) in [4.78, 5) is 68.9. The normalized spacial score (nSPS) is 10.4. The van der Waals surface area contributed by atoms with Gasteiger partial charge in [-0.2, -0.15) is 0 Å². The molecule has 12 heteroatoms. The van der Waals surface area contributed by atoms with Crippen molar-refractivity contribution in [1.82, 2.24) is 0 Å². The minimum atomic E-state index is -1.23. The van der Waals surface area contributed by atoms with E-state index < -0.39 is 35.8 Å². The molecule has 0 heterocycles. The number of carboxylic acids is 2. The molecule has 0 amide bonds. The Kier molecular flexibility index (Phi) is 19.7. The molecule has 3 aromatic rings. The van der Waals surface area contributed by atoms with Gasteiger partial charge in [0.2, 0.25) is 0 Å². The van der Waals surface area contributed by atoms with E-state index in [2.05, 4.69) is 0 Å². The van der Waals surface area contributed by atoms with E-state index in [1.54, 1.807) is 48.5 Å². The van der Waals surface area contributed by atoms with Crippen LogP contribution in [0.25, 0.3) is 0 Å². The quantitative estimate of drug-likeness (QED) is 0.122. The molecule has 0 saturated heterocycles. The van der Waals surface area contributed by atoms with Gasteiger partial charge in [0.1, 0.15) is 0 Å². The Balaban J connectivity index is 0.000000403. The van der Waals surface area contributed by atoms with Gasteiger partial charge in [-0.15, -0.1) is 0 Å². The van der Waals surface area contributed by atoms with Crippen molar-refractivity contribution in [2.75, 3.05) is 26.4 Å². The third kappa shape index (κ3) is 16.5. The topological polar surface area (TPSA) is 180 Å². The number of esters is 4. The zero-order valence-corrected chi connectivity index (χ0v) is 31.0. The summed E-state index contributed by atoms with van der Waals surface area (Å²) in [5.41, 5.74) is 0.627. The maximum Gasteiger partial charge on any atom is 0.339 e. The maximum absolute atomic E-state index is 12.0. The van der Waals surface area contributed by atoms with Gasteiger partial charge in [0, 0.05) is 0 Å². The number of aromatic carboxylic acids is 2. The summed E-state index contributed by atoms with van der Waals surface area (Å²) >= 11 is 0. The predicted octanol–water partition coefficient (Wildman–Crippen LogP) is 7.71. The first-order chi connectivity index (χ1) is 24.5. The molecule has 0 aliphatic carbocycles. The second kappa shape index (κ2) is 23.0. The molecule has 0 atom stereocenters. The Morgan fingerprint density at radius 2 is 0.558 bits per heavy atom. The number of hydrogen-bond donors (Lipinski definition) is 2. The fourth-order valence-electron chi connectivity index (χ4n) is 3.81. The van der Waals surface area contributed by atoms with Crippen LogP contribution in [0, 0.1) is 23.7 Å². The van der Waals surface area contributed by atoms with Crippen molar-refractivity contribution >= 4 is 35.8 Å². The lowest BCUT2D eigenvalue weighted by molar-refractivity contribution is 0.0412. The number of carboxylic acid groups (broad SMARTS) is 2. The second-order valence-electron chi connectivity index (χ2n) is 13.2. The molecule has 0 saturated carbocycles. The van der Waals surface area contributed by atoms with Crippen molar-refractivity contribution in [1.29, 1.82) is 0 Å². The van der Waals surface area contributed by atoms with Gasteiger partial charge in [-0.05, 0) is 60.1 Å². The zero-order chi connectivity index (χ0) is 39.4. The molecular formula is C40H50O12. The summed E-state index contributed by atoms with van der Waals surface area (Å²) in [6.07, 6.45) is 0. The van der Waals surface area contributed by atoms with Crippen molar-refractivity contribution in [3.05, 3.63) is 106 Å². The standard InChI is InChI=1S/2C16H22O4.C8H6O4/c2*1-11(2)9-19-15(17)13-7-5-6-8-14(13)16(18)20-10-12(3)4;9-7(10)5-3-1-2-4-6(5)8(11)12/h2*5-8,11-12H,9-10H2,1-4H3;1-4H,(H,9,10)(H,11,12). The first kappa shape index (κ1) is 44.5. The molecule has 0 aliphatic rings. The summed E-state index contributed by atoms with van der Waals surface area (Å²) in [7, 11) is 0. The molecule has 3 aromatic carbocycles. The van der Waals surface area contributed by atoms with Crippen LogP contribution in [0.1, 0.15) is 118 Å². The van der Waals surface area contributed by atoms with E-state index in [9.17, 15) is 28.8 Å². The molecule has 282 valence electrons. The average molecular weight is 723 g/mol. The summed E-state index contributed by atoms with van der Waals surface area (Å²) in [5.74, 6) is -3.42. The highest BCUT2D eigenvalue weighted by Crippen LogP contribution is 2.15. The molecule has 12 nitrogen and oxygen atoms in total. The molecule has 0 bridgehead atoms. The number of hydrogen-bond acceptors (Lipinski definition) is 10. The van der Waals surface area contributed by atoms with E-state index in [1.165, 1.54) is 24.3 Å². The zero-order valence-electron chi connectivity index (χ0n) is 31.0. The molecule has 52 heavy (non-hydrogen) atoms. The Morgan fingerprint density at radius 1 is 0.385 bits per heavy atom. The van der Waals surface area contributed by atoms with Crippen molar-refractivity contribution < 1.29 is 57.9 Å². The number of ether oxygens (including phenoxy) is 4. The molecule has 0 aromatic heterocycles. The van der Waals surface area contributed by atoms with Gasteiger partial charge in [-0.25, -0.2) is 28.8 Å². The van der Waals surface area contributed by atoms with Crippen LogP contribution < -0.4 is 0 Å². The number of carbonyl (C=O) groups is 6. The summed E-state index contributed by atoms with van der Waals surface area (Å²) < 4.78 is 20.6. The van der Waals surface area contributed by atoms with E-state index in [1.807, 2.05) is 55.4 Å². The van der Waals surface area contributed by atoms with E-state index in [0.717, 1.165) is 0 Å². The average Bonchev–Trinajstić information content (AvgIpc) is 3.11. The second-order valence-corrected chi connectivity index (χ2v) is 13.2. The van der Waals surface area contributed by atoms with Gasteiger partial charge in [-0.1, -0.05) is 91.8 Å². The van der Waals surface area contributed by atoms with Crippen molar-refractivity contribution in [2.24, 2.45) is 23.7 Å². The van der Waals surface area contributed by atoms with Crippen LogP contribution in [0.2, 0.25) is 0 Å². The maximum atomic E-state index is 12.0. The third-order valence-corrected chi connectivity index (χ3v) is 6.31. The summed E-state index contributed by atoms with van der Waals surface area (Å²) in [6.45, 7) is 16.9. The number of carbonyl (C=O) groups excluding carboxylic acids is 4. The molecule has 3 rings (SSSR count). The Bertz CT molecular complexity index is 1430. The largest absolute Gasteiger partial charge is 0.478 e. The minimum Gasteiger partial charge on any atom is -0.478 e. The molecule has 2 N–H and O–H groups in total. The SMILES string of the molecule is CC(C)COC(=O)c1ccccc1C(=O)OCC(C)C.CC(C)COC(=O)c1ccccc1C(=O)OCC(C)C.O=C(O)c1ccccc1C(=O)O. The van der Waals surface area contributed by atoms with Crippen LogP contribution in [-0.2, 0) is 18.9 Å². The first-order valence-corrected chi connectivity index (χ1v) is 16.9. The Labute approximate surface area is 305 Å². The Morgan fingerprint density at radius 3 is 0.712 bits per heavy atom. The van der Waals surface area contributed by atoms with Crippen molar-refractivity contribution in [3.63, 3.8) is 0 Å². The molecule has 0 spiro atoms. The molecule has 0 fully saturated rings. The fraction of sp³-hybridized carbons (Fsp3) is 0.400. The Hall–Kier alpha value is -5.52. The van der Waals surface area contributed by atoms with E-state index >= 15 is 0 Å². The molecule has 0 unspecified atom stereocenters. The van der Waals surface area contributed by atoms with Crippen LogP contribution in [0.4, 0.5) is 0 Å². The lowest BCUT2D eigenvalue weighted by Gasteiger charge is -2.11. The summed E-state index contributed by atoms with van der Waals surface area (Å²) in [5, 5.41) is 17.1. The summed E-state index contributed by atoms with van der Waals surface area (Å²) in [6, 6.07) is 18.6. The van der Waals surface area contributed by atoms with Gasteiger partial charge in [0.25, 0.3) is 0 Å². The van der Waals surface area contributed by atoms with Gasteiger partial charge in [-0.3, -0.25) is 0 Å². The van der Waals surface area contributed by atoms with Crippen molar-refractivity contribution in [2.45, 2.75) is 55.4 Å². The first-order valence-electron chi connectivity index (χ1n) is 16.9. The molecular weight excluding hydrogens is 672 g/mol. The van der Waals surface area contributed by atoms with Crippen LogP contribution in [-0.4, -0.2) is 72.5 Å². The number of rotatable bonds is 14. The van der Waals surface area contributed by atoms with E-state index in [-0.39, 0.29) is 57.1 Å². The lowest BCUT2D eigenvalue weighted by Crippen LogP contribution is -2.17. The van der Waals surface area contributed by atoms with Gasteiger partial charge < -0.3 is 29.2 Å². The smallest absolute Gasteiger partial charge is 0.339 e. The number of benzene rings is 3. The van der Waals surface area contributed by atoms with Gasteiger partial charge in [0.05, 0.1) is 59.8 Å². The third-order valence-electron chi connectivity index (χ3n) is 6.31. The van der Waals surface area contributed by atoms with Crippen LogP contribution in [0.15, 0.2) is 72.8 Å². The minimum absolute atomic E-state index is 0.190. The fourth-order valence-corrected chi connectivity index (χ4v) is 3.81. The highest BCUT2D eigenvalue weighted by Gasteiger charge is 2.21. The van der Waals surface area contributed by atoms with Crippen molar-refractivity contribution in [3.8, 4) is 0 Å². The predicted molar refractivity (Wildman–Crippen MR) is 194 cm³/mol. The lowest BCUT2D eigenvalue weighted by atomic mass is 10.1. The highest BCUT2D eigenvalue weighted by atomic mass is 16.5. The van der Waals surface area contributed by atoms with Crippen LogP contribution in [0.3, 0.4) is 0 Å². The highest BCUT2D eigenvalue weighted by molar-refractivity contribution is 6.04.